The molecule has 10 heteroatoms. The molecule has 0 heterocycles. The highest BCUT2D eigenvalue weighted by atomic mass is 79.9. The molecule has 0 aliphatic carbocycles. The van der Waals surface area contributed by atoms with Crippen LogP contribution in [0.4, 0.5) is 5.69 Å². The zero-order valence-electron chi connectivity index (χ0n) is 18.9. The highest BCUT2D eigenvalue weighted by Gasteiger charge is 2.14. The average molecular weight is 579 g/mol. The van der Waals surface area contributed by atoms with Crippen molar-refractivity contribution in [3.05, 3.63) is 85.8 Å². The number of carbonyl (C=O) groups excluding carboxylic acids is 2. The number of amides is 2. The second-order valence-electron chi connectivity index (χ2n) is 7.27. The Bertz CT molecular complexity index is 1250. The number of hydrogen-bond donors (Lipinski definition) is 2. The van der Waals surface area contributed by atoms with Gasteiger partial charge < -0.3 is 14.8 Å². The highest BCUT2D eigenvalue weighted by molar-refractivity contribution is 9.10. The topological polar surface area (TPSA) is 89.0 Å². The third kappa shape index (κ3) is 7.71. The van der Waals surface area contributed by atoms with E-state index in [4.69, 9.17) is 32.7 Å². The lowest BCUT2D eigenvalue weighted by Gasteiger charge is -2.14. The van der Waals surface area contributed by atoms with Crippen LogP contribution in [0, 0.1) is 6.92 Å². The molecule has 7 nitrogen and oxygen atoms in total. The van der Waals surface area contributed by atoms with E-state index in [0.717, 1.165) is 5.56 Å². The zero-order valence-corrected chi connectivity index (χ0v) is 22.0. The van der Waals surface area contributed by atoms with Crippen molar-refractivity contribution in [3.8, 4) is 11.5 Å². The van der Waals surface area contributed by atoms with Gasteiger partial charge in [0.05, 0.1) is 17.3 Å². The number of hydrazone groups is 1. The van der Waals surface area contributed by atoms with Crippen molar-refractivity contribution in [2.24, 2.45) is 5.10 Å². The van der Waals surface area contributed by atoms with Gasteiger partial charge >= 0.3 is 0 Å². The summed E-state index contributed by atoms with van der Waals surface area (Å²) in [5.41, 5.74) is 5.02. The number of nitrogens with one attached hydrogen (secondary N) is 2. The van der Waals surface area contributed by atoms with E-state index in [1.807, 2.05) is 19.9 Å². The van der Waals surface area contributed by atoms with E-state index >= 15 is 0 Å². The van der Waals surface area contributed by atoms with Crippen LogP contribution in [0.15, 0.2) is 64.2 Å². The molecule has 0 unspecified atom stereocenters. The molecule has 0 aliphatic heterocycles. The molecule has 0 atom stereocenters. The first-order valence-electron chi connectivity index (χ1n) is 10.5. The summed E-state index contributed by atoms with van der Waals surface area (Å²) >= 11 is 15.4. The Morgan fingerprint density at radius 1 is 1.06 bits per heavy atom. The Hall–Kier alpha value is -3.07. The fraction of sp³-hybridized carbons (Fsp3) is 0.160. The third-order valence-corrected chi connectivity index (χ3v) is 5.87. The van der Waals surface area contributed by atoms with Crippen LogP contribution >= 0.6 is 39.1 Å². The summed E-state index contributed by atoms with van der Waals surface area (Å²) in [4.78, 5) is 24.6. The Labute approximate surface area is 221 Å². The third-order valence-electron chi connectivity index (χ3n) is 4.62. The predicted octanol–water partition coefficient (Wildman–Crippen LogP) is 6.24. The lowest BCUT2D eigenvalue weighted by molar-refractivity contribution is -0.118. The number of halogens is 3. The summed E-state index contributed by atoms with van der Waals surface area (Å²) in [6, 6.07) is 15.1. The van der Waals surface area contributed by atoms with Crippen molar-refractivity contribution in [2.75, 3.05) is 18.5 Å². The maximum absolute atomic E-state index is 12.4. The Morgan fingerprint density at radius 2 is 1.80 bits per heavy atom. The van der Waals surface area contributed by atoms with Gasteiger partial charge in [0.1, 0.15) is 0 Å². The van der Waals surface area contributed by atoms with Gasteiger partial charge in [-0.2, -0.15) is 5.10 Å². The number of carbonyl (C=O) groups is 2. The molecule has 0 spiro atoms. The van der Waals surface area contributed by atoms with Gasteiger partial charge in [-0.3, -0.25) is 9.59 Å². The van der Waals surface area contributed by atoms with Gasteiger partial charge in [-0.15, -0.1) is 0 Å². The van der Waals surface area contributed by atoms with Crippen LogP contribution in [0.3, 0.4) is 0 Å². The smallest absolute Gasteiger partial charge is 0.271 e. The summed E-state index contributed by atoms with van der Waals surface area (Å²) in [6.07, 6.45) is 1.47. The molecule has 0 bridgehead atoms. The largest absolute Gasteiger partial charge is 0.490 e. The lowest BCUT2D eigenvalue weighted by atomic mass is 10.2. The molecule has 3 rings (SSSR count). The number of hydrogen-bond acceptors (Lipinski definition) is 5. The highest BCUT2D eigenvalue weighted by Crippen LogP contribution is 2.36. The minimum Gasteiger partial charge on any atom is -0.490 e. The summed E-state index contributed by atoms with van der Waals surface area (Å²) in [6.45, 7) is 3.85. The van der Waals surface area contributed by atoms with E-state index in [1.54, 1.807) is 48.5 Å². The Balaban J connectivity index is 1.65. The molecule has 0 aliphatic rings. The minimum absolute atomic E-state index is 0.241. The van der Waals surface area contributed by atoms with E-state index in [1.165, 1.54) is 6.21 Å². The number of benzene rings is 3. The number of anilines is 1. The molecular formula is C25H22BrCl2N3O4. The molecule has 3 aromatic rings. The first-order chi connectivity index (χ1) is 16.8. The molecule has 0 saturated heterocycles. The molecular weight excluding hydrogens is 557 g/mol. The van der Waals surface area contributed by atoms with Crippen molar-refractivity contribution in [1.82, 2.24) is 5.43 Å². The van der Waals surface area contributed by atoms with Crippen molar-refractivity contribution in [2.45, 2.75) is 13.8 Å². The van der Waals surface area contributed by atoms with Gasteiger partial charge in [0.2, 0.25) is 0 Å². The van der Waals surface area contributed by atoms with E-state index < -0.39 is 0 Å². The van der Waals surface area contributed by atoms with Crippen LogP contribution in [-0.2, 0) is 4.79 Å². The summed E-state index contributed by atoms with van der Waals surface area (Å²) < 4.78 is 12.0. The number of ether oxygens (including phenoxy) is 2. The maximum Gasteiger partial charge on any atom is 0.271 e. The average Bonchev–Trinajstić information content (AvgIpc) is 2.81. The monoisotopic (exact) mass is 577 g/mol. The summed E-state index contributed by atoms with van der Waals surface area (Å²) in [5.74, 6) is 0.0579. The lowest BCUT2D eigenvalue weighted by Crippen LogP contribution is -2.20. The van der Waals surface area contributed by atoms with E-state index in [0.29, 0.717) is 49.4 Å². The van der Waals surface area contributed by atoms with E-state index in [-0.39, 0.29) is 18.4 Å². The molecule has 0 aromatic heterocycles. The summed E-state index contributed by atoms with van der Waals surface area (Å²) in [5, 5.41) is 7.84. The second-order valence-corrected chi connectivity index (χ2v) is 8.97. The van der Waals surface area contributed by atoms with Crippen LogP contribution in [-0.4, -0.2) is 31.2 Å². The molecule has 35 heavy (non-hydrogen) atoms. The van der Waals surface area contributed by atoms with Crippen molar-refractivity contribution in [1.29, 1.82) is 0 Å². The molecule has 0 saturated carbocycles. The second kappa shape index (κ2) is 12.6. The van der Waals surface area contributed by atoms with Gasteiger partial charge in [0.15, 0.2) is 18.1 Å². The molecule has 0 radical (unpaired) electrons. The van der Waals surface area contributed by atoms with Crippen LogP contribution in [0.1, 0.15) is 28.4 Å². The minimum atomic E-state index is -0.372. The van der Waals surface area contributed by atoms with Gasteiger partial charge in [-0.1, -0.05) is 29.3 Å². The van der Waals surface area contributed by atoms with Crippen LogP contribution in [0.5, 0.6) is 11.5 Å². The molecule has 2 amide bonds. The molecule has 3 aromatic carbocycles. The predicted molar refractivity (Wildman–Crippen MR) is 142 cm³/mol. The molecule has 182 valence electrons. The Kier molecular flexibility index (Phi) is 9.54. The van der Waals surface area contributed by atoms with Crippen molar-refractivity contribution < 1.29 is 19.1 Å². The molecule has 0 fully saturated rings. The maximum atomic E-state index is 12.4. The Morgan fingerprint density at radius 3 is 2.49 bits per heavy atom. The van der Waals surface area contributed by atoms with E-state index in [2.05, 4.69) is 31.8 Å². The van der Waals surface area contributed by atoms with Crippen molar-refractivity contribution in [3.63, 3.8) is 0 Å². The molecule has 2 N–H and O–H groups in total. The quantitative estimate of drug-likeness (QED) is 0.232. The first kappa shape index (κ1) is 26.5. The van der Waals surface area contributed by atoms with Crippen LogP contribution < -0.4 is 20.2 Å². The van der Waals surface area contributed by atoms with Gasteiger partial charge in [-0.25, -0.2) is 5.43 Å². The van der Waals surface area contributed by atoms with Crippen LogP contribution in [0.2, 0.25) is 10.0 Å². The van der Waals surface area contributed by atoms with Gasteiger partial charge in [-0.05, 0) is 89.4 Å². The van der Waals surface area contributed by atoms with Gasteiger partial charge in [0.25, 0.3) is 11.8 Å². The fourth-order valence-electron chi connectivity index (χ4n) is 2.90. The zero-order chi connectivity index (χ0) is 25.4. The fourth-order valence-corrected chi connectivity index (χ4v) is 3.78. The van der Waals surface area contributed by atoms with Crippen molar-refractivity contribution >= 4 is 62.8 Å². The first-order valence-corrected chi connectivity index (χ1v) is 12.1. The SMILES string of the molecule is CCOc1cc(/C=N/NC(=O)c2ccc(Cl)cc2)cc(Br)c1OCC(=O)Nc1ccc(C)c(Cl)c1. The number of nitrogens with zero attached hydrogens (tertiary/aromatic N) is 1. The standard InChI is InChI=1S/C25H22BrCl2N3O4/c1-3-34-22-11-16(13-29-31-25(33)17-5-7-18(27)8-6-17)10-20(26)24(22)35-14-23(32)30-19-9-4-15(2)21(28)12-19/h4-13H,3,14H2,1-2H3,(H,30,32)(H,31,33)/b29-13+. The van der Waals surface area contributed by atoms with Crippen LogP contribution in [0.25, 0.3) is 0 Å². The summed E-state index contributed by atoms with van der Waals surface area (Å²) in [7, 11) is 0. The van der Waals surface area contributed by atoms with E-state index in [9.17, 15) is 9.59 Å². The number of aryl methyl sites for hydroxylation is 1. The van der Waals surface area contributed by atoms with Gasteiger partial charge in [0, 0.05) is 21.3 Å². The normalized spacial score (nSPS) is 10.8. The number of rotatable bonds is 9.